The molecule has 1 heterocycles. The van der Waals surface area contributed by atoms with Crippen LogP contribution in [0.15, 0.2) is 29.8 Å². The quantitative estimate of drug-likeness (QED) is 0.343. The van der Waals surface area contributed by atoms with Crippen LogP contribution in [0.1, 0.15) is 13.3 Å². The number of halogens is 1. The van der Waals surface area contributed by atoms with Crippen molar-refractivity contribution in [1.29, 1.82) is 0 Å². The Kier molecular flexibility index (Phi) is 8.24. The van der Waals surface area contributed by atoms with Crippen LogP contribution in [-0.4, -0.2) is 31.8 Å². The van der Waals surface area contributed by atoms with E-state index in [2.05, 4.69) is 23.5 Å². The van der Waals surface area contributed by atoms with Crippen LogP contribution in [0.4, 0.5) is 0 Å². The number of nitrogens with two attached hydrogens (primary N) is 1. The fourth-order valence-corrected chi connectivity index (χ4v) is 1.65. The first-order valence-corrected chi connectivity index (χ1v) is 5.55. The molecule has 1 rings (SSSR count). The summed E-state index contributed by atoms with van der Waals surface area (Å²) in [5, 5.41) is 3.10. The number of guanidine groups is 1. The second-order valence-electron chi connectivity index (χ2n) is 4.16. The molecule has 0 aromatic carbocycles. The number of hydrogen-bond donors (Lipinski definition) is 2. The van der Waals surface area contributed by atoms with Crippen molar-refractivity contribution in [2.45, 2.75) is 19.4 Å². The Balaban J connectivity index is 0.00000256. The number of nitrogens with one attached hydrogen (secondary N) is 1. The second kappa shape index (κ2) is 8.52. The van der Waals surface area contributed by atoms with Crippen molar-refractivity contribution in [2.24, 2.45) is 16.6 Å². The van der Waals surface area contributed by atoms with Crippen molar-refractivity contribution in [1.82, 2.24) is 5.32 Å². The van der Waals surface area contributed by atoms with E-state index in [9.17, 15) is 0 Å². The van der Waals surface area contributed by atoms with Gasteiger partial charge in [-0.3, -0.25) is 0 Å². The molecule has 0 aromatic heterocycles. The molecular weight excluding hydrogens is 329 g/mol. The van der Waals surface area contributed by atoms with Gasteiger partial charge < -0.3 is 15.8 Å². The molecule has 0 spiro atoms. The highest BCUT2D eigenvalue weighted by molar-refractivity contribution is 14.0. The molecule has 0 aliphatic carbocycles. The summed E-state index contributed by atoms with van der Waals surface area (Å²) in [5.41, 5.74) is 6.72. The van der Waals surface area contributed by atoms with Gasteiger partial charge in [0.25, 0.3) is 0 Å². The fourth-order valence-electron chi connectivity index (χ4n) is 1.65. The molecule has 0 aromatic rings. The predicted octanol–water partition coefficient (Wildman–Crippen LogP) is 1.68. The highest BCUT2D eigenvalue weighted by Crippen LogP contribution is 2.20. The summed E-state index contributed by atoms with van der Waals surface area (Å²) in [6.45, 7) is 11.6. The van der Waals surface area contributed by atoms with Gasteiger partial charge in [0.1, 0.15) is 0 Å². The summed E-state index contributed by atoms with van der Waals surface area (Å²) < 4.78 is 5.49. The van der Waals surface area contributed by atoms with Gasteiger partial charge >= 0.3 is 0 Å². The van der Waals surface area contributed by atoms with Crippen molar-refractivity contribution in [3.63, 3.8) is 0 Å². The number of rotatable bonds is 5. The van der Waals surface area contributed by atoms with Crippen LogP contribution >= 0.6 is 24.0 Å². The van der Waals surface area contributed by atoms with Gasteiger partial charge in [-0.1, -0.05) is 18.2 Å². The van der Waals surface area contributed by atoms with Crippen LogP contribution in [0.2, 0.25) is 0 Å². The van der Waals surface area contributed by atoms with Gasteiger partial charge in [0, 0.05) is 19.1 Å². The predicted molar refractivity (Wildman–Crippen MR) is 82.8 cm³/mol. The second-order valence-corrected chi connectivity index (χ2v) is 4.16. The molecular formula is C12H22IN3O. The Morgan fingerprint density at radius 1 is 1.65 bits per heavy atom. The number of ether oxygens (including phenoxy) is 1. The Morgan fingerprint density at radius 3 is 2.94 bits per heavy atom. The van der Waals surface area contributed by atoms with Gasteiger partial charge in [-0.15, -0.1) is 30.6 Å². The lowest BCUT2D eigenvalue weighted by Crippen LogP contribution is -2.37. The highest BCUT2D eigenvalue weighted by atomic mass is 127. The number of hydrogen-bond acceptors (Lipinski definition) is 2. The maximum Gasteiger partial charge on any atom is 0.188 e. The van der Waals surface area contributed by atoms with E-state index in [1.165, 1.54) is 0 Å². The monoisotopic (exact) mass is 351 g/mol. The van der Waals surface area contributed by atoms with Gasteiger partial charge in [-0.25, -0.2) is 4.99 Å². The molecule has 4 nitrogen and oxygen atoms in total. The Bertz CT molecular complexity index is 291. The lowest BCUT2D eigenvalue weighted by Gasteiger charge is -2.15. The molecule has 0 bridgehead atoms. The molecule has 98 valence electrons. The van der Waals surface area contributed by atoms with Gasteiger partial charge in [0.2, 0.25) is 0 Å². The van der Waals surface area contributed by atoms with Crippen molar-refractivity contribution in [3.05, 3.63) is 24.8 Å². The van der Waals surface area contributed by atoms with Crippen LogP contribution < -0.4 is 11.1 Å². The minimum Gasteiger partial charge on any atom is -0.374 e. The maximum absolute atomic E-state index is 5.72. The molecule has 0 saturated carbocycles. The number of aliphatic imine (C=N–C) groups is 1. The fraction of sp³-hybridized carbons (Fsp3) is 0.583. The van der Waals surface area contributed by atoms with E-state index < -0.39 is 0 Å². The lowest BCUT2D eigenvalue weighted by molar-refractivity contribution is 0.128. The van der Waals surface area contributed by atoms with Crippen LogP contribution in [-0.2, 0) is 4.74 Å². The summed E-state index contributed by atoms with van der Waals surface area (Å²) in [5.74, 6) is 0.911. The third-order valence-corrected chi connectivity index (χ3v) is 2.56. The first-order chi connectivity index (χ1) is 7.63. The van der Waals surface area contributed by atoms with Crippen molar-refractivity contribution in [3.8, 4) is 0 Å². The minimum atomic E-state index is 0. The smallest absolute Gasteiger partial charge is 0.188 e. The van der Waals surface area contributed by atoms with Crippen LogP contribution in [0.25, 0.3) is 0 Å². The van der Waals surface area contributed by atoms with Gasteiger partial charge in [-0.05, 0) is 13.3 Å². The van der Waals surface area contributed by atoms with E-state index in [-0.39, 0.29) is 30.1 Å². The van der Waals surface area contributed by atoms with Crippen LogP contribution in [0.5, 0.6) is 0 Å². The number of nitrogens with zero attached hydrogens (tertiary/aromatic N) is 1. The first-order valence-electron chi connectivity index (χ1n) is 5.55. The average Bonchev–Trinajstić information content (AvgIpc) is 2.70. The molecule has 5 heteroatoms. The summed E-state index contributed by atoms with van der Waals surface area (Å²) in [4.78, 5) is 4.15. The molecule has 1 aliphatic heterocycles. The summed E-state index contributed by atoms with van der Waals surface area (Å²) in [6.07, 6.45) is 3.03. The van der Waals surface area contributed by atoms with E-state index in [4.69, 9.17) is 10.5 Å². The SMILES string of the molecule is C=C[C@@H]1OCC[C@H]1CNC(N)=NCC(=C)C.I. The summed E-state index contributed by atoms with van der Waals surface area (Å²) in [6, 6.07) is 0. The zero-order chi connectivity index (χ0) is 12.0. The lowest BCUT2D eigenvalue weighted by atomic mass is 10.0. The van der Waals surface area contributed by atoms with Crippen LogP contribution in [0, 0.1) is 5.92 Å². The topological polar surface area (TPSA) is 59.6 Å². The average molecular weight is 351 g/mol. The Hall–Kier alpha value is -0.560. The van der Waals surface area contributed by atoms with Gasteiger partial charge in [-0.2, -0.15) is 0 Å². The Morgan fingerprint density at radius 2 is 2.35 bits per heavy atom. The summed E-state index contributed by atoms with van der Waals surface area (Å²) >= 11 is 0. The van der Waals surface area contributed by atoms with Crippen molar-refractivity contribution in [2.75, 3.05) is 19.7 Å². The molecule has 2 atom stereocenters. The van der Waals surface area contributed by atoms with E-state index >= 15 is 0 Å². The zero-order valence-corrected chi connectivity index (χ0v) is 12.6. The molecule has 17 heavy (non-hydrogen) atoms. The minimum absolute atomic E-state index is 0. The molecule has 3 N–H and O–H groups in total. The standard InChI is InChI=1S/C12H21N3O.HI/c1-4-11-10(5-6-16-11)8-15-12(13)14-7-9(2)3;/h4,10-11H,1-2,5-8H2,3H3,(H3,13,14,15);1H/t10-,11-;/m0./s1. The van der Waals surface area contributed by atoms with E-state index in [0.29, 0.717) is 18.4 Å². The molecule has 0 radical (unpaired) electrons. The van der Waals surface area contributed by atoms with E-state index in [0.717, 1.165) is 25.1 Å². The largest absolute Gasteiger partial charge is 0.374 e. The maximum atomic E-state index is 5.72. The Labute approximate surface area is 120 Å². The molecule has 1 fully saturated rings. The zero-order valence-electron chi connectivity index (χ0n) is 10.3. The normalized spacial score (nSPS) is 23.9. The van der Waals surface area contributed by atoms with Gasteiger partial charge in [0.05, 0.1) is 12.6 Å². The molecule has 1 saturated heterocycles. The van der Waals surface area contributed by atoms with Gasteiger partial charge in [0.15, 0.2) is 5.96 Å². The summed E-state index contributed by atoms with van der Waals surface area (Å²) in [7, 11) is 0. The van der Waals surface area contributed by atoms with E-state index in [1.54, 1.807) is 0 Å². The third kappa shape index (κ3) is 6.07. The van der Waals surface area contributed by atoms with Crippen LogP contribution in [0.3, 0.4) is 0 Å². The third-order valence-electron chi connectivity index (χ3n) is 2.56. The van der Waals surface area contributed by atoms with E-state index in [1.807, 2.05) is 13.0 Å². The highest BCUT2D eigenvalue weighted by Gasteiger charge is 2.25. The molecule has 0 amide bonds. The van der Waals surface area contributed by atoms with Crippen molar-refractivity contribution >= 4 is 29.9 Å². The first kappa shape index (κ1) is 16.4. The molecule has 0 unspecified atom stereocenters. The molecule has 1 aliphatic rings. The van der Waals surface area contributed by atoms with Crippen molar-refractivity contribution < 1.29 is 4.74 Å².